The van der Waals surface area contributed by atoms with E-state index in [0.717, 1.165) is 36.1 Å². The standard InChI is InChI=1S/C23H18Cl5NO5S/c1-2-32-23(31)14-11-5-3-4-6-13(11)35-22(14)29-21(30)12-8-7-10(34-12)9-33-20-18(27)16(25)15(24)17(26)19(20)28/h7-8H,2-6,9H2,1H3,(H,29,30). The minimum atomic E-state index is -0.506. The third kappa shape index (κ3) is 5.41. The van der Waals surface area contributed by atoms with Crippen molar-refractivity contribution in [2.45, 2.75) is 39.2 Å². The van der Waals surface area contributed by atoms with Gasteiger partial charge in [0.05, 0.1) is 27.2 Å². The molecule has 186 valence electrons. The van der Waals surface area contributed by atoms with Gasteiger partial charge < -0.3 is 19.2 Å². The monoisotopic (exact) mass is 595 g/mol. The van der Waals surface area contributed by atoms with Crippen LogP contribution in [0.15, 0.2) is 16.5 Å². The highest BCUT2D eigenvalue weighted by atomic mass is 35.5. The summed E-state index contributed by atoms with van der Waals surface area (Å²) in [7, 11) is 0. The van der Waals surface area contributed by atoms with Crippen molar-refractivity contribution in [1.29, 1.82) is 0 Å². The number of nitrogens with one attached hydrogen (secondary N) is 1. The molecule has 1 aromatic carbocycles. The van der Waals surface area contributed by atoms with Crippen LogP contribution < -0.4 is 10.1 Å². The molecular weight excluding hydrogens is 580 g/mol. The lowest BCUT2D eigenvalue weighted by atomic mass is 9.95. The Labute approximate surface area is 230 Å². The number of carbonyl (C=O) groups is 2. The van der Waals surface area contributed by atoms with E-state index < -0.39 is 11.9 Å². The second-order valence-electron chi connectivity index (χ2n) is 7.54. The van der Waals surface area contributed by atoms with Crippen LogP contribution in [0.5, 0.6) is 5.75 Å². The Morgan fingerprint density at radius 3 is 2.34 bits per heavy atom. The zero-order chi connectivity index (χ0) is 25.3. The number of fused-ring (bicyclic) bond motifs is 1. The van der Waals surface area contributed by atoms with Crippen LogP contribution in [-0.4, -0.2) is 18.5 Å². The molecule has 0 unspecified atom stereocenters. The molecule has 2 heterocycles. The Balaban J connectivity index is 1.50. The summed E-state index contributed by atoms with van der Waals surface area (Å²) in [6, 6.07) is 3.07. The molecule has 0 saturated heterocycles. The molecule has 0 atom stereocenters. The number of anilines is 1. The van der Waals surface area contributed by atoms with Gasteiger partial charge in [-0.05, 0) is 50.3 Å². The van der Waals surface area contributed by atoms with E-state index in [2.05, 4.69) is 5.32 Å². The largest absolute Gasteiger partial charge is 0.482 e. The number of hydrogen-bond acceptors (Lipinski definition) is 6. The molecule has 12 heteroatoms. The Bertz CT molecular complexity index is 1270. The smallest absolute Gasteiger partial charge is 0.341 e. The SMILES string of the molecule is CCOC(=O)c1c(NC(=O)c2ccc(COc3c(Cl)c(Cl)c(Cl)c(Cl)c3Cl)o2)sc2c1CCCC2. The summed E-state index contributed by atoms with van der Waals surface area (Å²) in [5.41, 5.74) is 1.38. The van der Waals surface area contributed by atoms with Crippen molar-refractivity contribution in [2.75, 3.05) is 11.9 Å². The minimum absolute atomic E-state index is 0.00347. The first-order valence-corrected chi connectivity index (χ1v) is 13.3. The average Bonchev–Trinajstić information content (AvgIpc) is 3.46. The van der Waals surface area contributed by atoms with Gasteiger partial charge in [-0.1, -0.05) is 58.0 Å². The van der Waals surface area contributed by atoms with E-state index in [-0.39, 0.29) is 49.8 Å². The fourth-order valence-corrected chi connectivity index (χ4v) is 6.17. The number of halogens is 5. The Morgan fingerprint density at radius 2 is 1.66 bits per heavy atom. The van der Waals surface area contributed by atoms with Gasteiger partial charge in [0.2, 0.25) is 0 Å². The summed E-state index contributed by atoms with van der Waals surface area (Å²) in [6.45, 7) is 1.88. The topological polar surface area (TPSA) is 77.8 Å². The zero-order valence-corrected chi connectivity index (χ0v) is 22.8. The van der Waals surface area contributed by atoms with Gasteiger partial charge in [0.25, 0.3) is 5.91 Å². The van der Waals surface area contributed by atoms with E-state index in [1.807, 2.05) is 0 Å². The van der Waals surface area contributed by atoms with Crippen LogP contribution in [-0.2, 0) is 24.2 Å². The Morgan fingerprint density at radius 1 is 1.00 bits per heavy atom. The van der Waals surface area contributed by atoms with Gasteiger partial charge in [-0.25, -0.2) is 4.79 Å². The summed E-state index contributed by atoms with van der Waals surface area (Å²) in [6.07, 6.45) is 3.68. The van der Waals surface area contributed by atoms with Crippen LogP contribution in [0.3, 0.4) is 0 Å². The molecule has 1 aliphatic carbocycles. The Hall–Kier alpha value is -1.61. The van der Waals surface area contributed by atoms with Crippen LogP contribution in [0.1, 0.15) is 56.9 Å². The first kappa shape index (κ1) is 26.5. The van der Waals surface area contributed by atoms with Crippen molar-refractivity contribution >= 4 is 86.2 Å². The quantitative estimate of drug-likeness (QED) is 0.168. The molecule has 0 bridgehead atoms. The van der Waals surface area contributed by atoms with Crippen molar-refractivity contribution in [3.63, 3.8) is 0 Å². The molecular formula is C23H18Cl5NO5S. The molecule has 0 spiro atoms. The number of esters is 1. The second-order valence-corrected chi connectivity index (χ2v) is 10.5. The highest BCUT2D eigenvalue weighted by Crippen LogP contribution is 2.48. The molecule has 1 N–H and O–H groups in total. The first-order valence-electron chi connectivity index (χ1n) is 10.6. The maximum atomic E-state index is 12.9. The van der Waals surface area contributed by atoms with Crippen LogP contribution in [0.2, 0.25) is 25.1 Å². The summed E-state index contributed by atoms with van der Waals surface area (Å²) in [5.74, 6) is -0.549. The number of carbonyl (C=O) groups excluding carboxylic acids is 2. The molecule has 0 radical (unpaired) electrons. The summed E-state index contributed by atoms with van der Waals surface area (Å²) in [4.78, 5) is 26.6. The molecule has 0 saturated carbocycles. The van der Waals surface area contributed by atoms with Crippen LogP contribution >= 0.6 is 69.3 Å². The maximum Gasteiger partial charge on any atom is 0.341 e. The number of benzene rings is 1. The van der Waals surface area contributed by atoms with Gasteiger partial charge in [-0.15, -0.1) is 11.3 Å². The molecule has 4 rings (SSSR count). The van der Waals surface area contributed by atoms with Crippen molar-refractivity contribution in [3.05, 3.63) is 64.8 Å². The molecule has 1 aliphatic rings. The minimum Gasteiger partial charge on any atom is -0.482 e. The summed E-state index contributed by atoms with van der Waals surface area (Å²) in [5, 5.41) is 3.30. The lowest BCUT2D eigenvalue weighted by molar-refractivity contribution is 0.0526. The van der Waals surface area contributed by atoms with Crippen LogP contribution in [0.25, 0.3) is 0 Å². The van der Waals surface area contributed by atoms with Crippen LogP contribution in [0, 0.1) is 0 Å². The fraction of sp³-hybridized carbons (Fsp3) is 0.304. The van der Waals surface area contributed by atoms with E-state index in [1.165, 1.54) is 17.4 Å². The predicted octanol–water partition coefficient (Wildman–Crippen LogP) is 8.49. The van der Waals surface area contributed by atoms with Crippen molar-refractivity contribution in [2.24, 2.45) is 0 Å². The summed E-state index contributed by atoms with van der Waals surface area (Å²) < 4.78 is 16.5. The lowest BCUT2D eigenvalue weighted by Crippen LogP contribution is -2.15. The number of amides is 1. The number of rotatable bonds is 7. The van der Waals surface area contributed by atoms with E-state index >= 15 is 0 Å². The second kappa shape index (κ2) is 11.2. The van der Waals surface area contributed by atoms with Gasteiger partial charge in [0.1, 0.15) is 27.4 Å². The van der Waals surface area contributed by atoms with E-state index in [1.54, 1.807) is 13.0 Å². The Kier molecular flexibility index (Phi) is 8.46. The van der Waals surface area contributed by atoms with Gasteiger partial charge in [-0.2, -0.15) is 0 Å². The van der Waals surface area contributed by atoms with Gasteiger partial charge in [0, 0.05) is 4.88 Å². The summed E-state index contributed by atoms with van der Waals surface area (Å²) >= 11 is 31.9. The van der Waals surface area contributed by atoms with Crippen molar-refractivity contribution in [1.82, 2.24) is 0 Å². The molecule has 2 aromatic heterocycles. The first-order chi connectivity index (χ1) is 16.7. The molecule has 6 nitrogen and oxygen atoms in total. The number of hydrogen-bond donors (Lipinski definition) is 1. The maximum absolute atomic E-state index is 12.9. The van der Waals surface area contributed by atoms with Crippen LogP contribution in [0.4, 0.5) is 5.00 Å². The van der Waals surface area contributed by atoms with E-state index in [4.69, 9.17) is 71.9 Å². The number of thiophene rings is 1. The third-order valence-electron chi connectivity index (χ3n) is 5.29. The third-order valence-corrected chi connectivity index (χ3v) is 8.74. The van der Waals surface area contributed by atoms with Gasteiger partial charge >= 0.3 is 5.97 Å². The van der Waals surface area contributed by atoms with Crippen molar-refractivity contribution < 1.29 is 23.5 Å². The fourth-order valence-electron chi connectivity index (χ4n) is 3.67. The normalized spacial score (nSPS) is 12.9. The van der Waals surface area contributed by atoms with E-state index in [0.29, 0.717) is 16.3 Å². The number of aryl methyl sites for hydroxylation is 1. The average molecular weight is 598 g/mol. The van der Waals surface area contributed by atoms with Crippen molar-refractivity contribution in [3.8, 4) is 5.75 Å². The zero-order valence-electron chi connectivity index (χ0n) is 18.2. The van der Waals surface area contributed by atoms with E-state index in [9.17, 15) is 9.59 Å². The number of furan rings is 1. The molecule has 0 aliphatic heterocycles. The number of ether oxygens (including phenoxy) is 2. The predicted molar refractivity (Wildman–Crippen MR) is 139 cm³/mol. The van der Waals surface area contributed by atoms with Gasteiger partial charge in [0.15, 0.2) is 11.5 Å². The highest BCUT2D eigenvalue weighted by molar-refractivity contribution is 7.17. The van der Waals surface area contributed by atoms with Gasteiger partial charge in [-0.3, -0.25) is 4.79 Å². The molecule has 1 amide bonds. The highest BCUT2D eigenvalue weighted by Gasteiger charge is 2.28. The lowest BCUT2D eigenvalue weighted by Gasteiger charge is -2.13. The molecule has 0 fully saturated rings. The molecule has 35 heavy (non-hydrogen) atoms. The molecule has 3 aromatic rings.